The van der Waals surface area contributed by atoms with Crippen LogP contribution in [-0.2, 0) is 4.79 Å². The monoisotopic (exact) mass is 285 g/mol. The lowest BCUT2D eigenvalue weighted by Crippen LogP contribution is -2.47. The van der Waals surface area contributed by atoms with Crippen molar-refractivity contribution in [2.24, 2.45) is 0 Å². The van der Waals surface area contributed by atoms with Crippen molar-refractivity contribution in [2.75, 3.05) is 11.6 Å². The first kappa shape index (κ1) is 14.7. The SMILES string of the molecule is CSc1ccccc1NC(=O)C(F)(F)C(F)(F)F. The molecule has 0 aromatic heterocycles. The van der Waals surface area contributed by atoms with Gasteiger partial charge in [0, 0.05) is 4.90 Å². The van der Waals surface area contributed by atoms with Gasteiger partial charge in [0.15, 0.2) is 0 Å². The number of benzene rings is 1. The molecule has 0 heterocycles. The predicted molar refractivity (Wildman–Crippen MR) is 57.9 cm³/mol. The summed E-state index contributed by atoms with van der Waals surface area (Å²) in [5.74, 6) is -7.81. The number of para-hydroxylation sites is 1. The molecule has 0 atom stereocenters. The Balaban J connectivity index is 2.95. The summed E-state index contributed by atoms with van der Waals surface area (Å²) in [5, 5.41) is 1.58. The number of carbonyl (C=O) groups is 1. The highest BCUT2D eigenvalue weighted by molar-refractivity contribution is 7.98. The van der Waals surface area contributed by atoms with E-state index in [1.165, 1.54) is 18.2 Å². The zero-order valence-corrected chi connectivity index (χ0v) is 9.83. The molecule has 0 aliphatic heterocycles. The highest BCUT2D eigenvalue weighted by atomic mass is 32.2. The maximum Gasteiger partial charge on any atom is 0.463 e. The summed E-state index contributed by atoms with van der Waals surface area (Å²) >= 11 is 1.11. The smallest absolute Gasteiger partial charge is 0.319 e. The molecule has 0 saturated carbocycles. The van der Waals surface area contributed by atoms with E-state index in [9.17, 15) is 26.7 Å². The Morgan fingerprint density at radius 2 is 1.72 bits per heavy atom. The van der Waals surface area contributed by atoms with Gasteiger partial charge in [-0.3, -0.25) is 4.79 Å². The lowest BCUT2D eigenvalue weighted by Gasteiger charge is -2.19. The fraction of sp³-hybridized carbons (Fsp3) is 0.300. The molecule has 1 N–H and O–H groups in total. The molecule has 1 aromatic rings. The van der Waals surface area contributed by atoms with Crippen LogP contribution >= 0.6 is 11.8 Å². The number of nitrogens with one attached hydrogen (secondary N) is 1. The Labute approximate surface area is 104 Å². The maximum absolute atomic E-state index is 12.7. The topological polar surface area (TPSA) is 29.1 Å². The predicted octanol–water partition coefficient (Wildman–Crippen LogP) is 3.54. The lowest BCUT2D eigenvalue weighted by atomic mass is 10.2. The van der Waals surface area contributed by atoms with Gasteiger partial charge in [-0.1, -0.05) is 12.1 Å². The van der Waals surface area contributed by atoms with E-state index in [0.29, 0.717) is 4.90 Å². The standard InChI is InChI=1S/C10H8F5NOS/c1-18-7-5-3-2-4-6(7)16-8(17)9(11,12)10(13,14)15/h2-5H,1H3,(H,16,17). The average Bonchev–Trinajstić information content (AvgIpc) is 2.28. The molecule has 0 bridgehead atoms. The third-order valence-electron chi connectivity index (χ3n) is 2.00. The summed E-state index contributed by atoms with van der Waals surface area (Å²) in [5.41, 5.74) is -0.0843. The van der Waals surface area contributed by atoms with Gasteiger partial charge in [-0.2, -0.15) is 22.0 Å². The summed E-state index contributed by atoms with van der Waals surface area (Å²) in [7, 11) is 0. The van der Waals surface area contributed by atoms with E-state index in [0.717, 1.165) is 11.8 Å². The van der Waals surface area contributed by atoms with Crippen LogP contribution in [0.15, 0.2) is 29.2 Å². The van der Waals surface area contributed by atoms with Gasteiger partial charge in [0.25, 0.3) is 0 Å². The van der Waals surface area contributed by atoms with Crippen molar-refractivity contribution in [3.63, 3.8) is 0 Å². The molecule has 0 aliphatic rings. The summed E-state index contributed by atoms with van der Waals surface area (Å²) in [6.45, 7) is 0. The minimum Gasteiger partial charge on any atom is -0.319 e. The molecule has 0 unspecified atom stereocenters. The van der Waals surface area contributed by atoms with Gasteiger partial charge < -0.3 is 5.32 Å². The van der Waals surface area contributed by atoms with Gasteiger partial charge in [0.05, 0.1) is 5.69 Å². The van der Waals surface area contributed by atoms with Crippen molar-refractivity contribution in [1.29, 1.82) is 0 Å². The van der Waals surface area contributed by atoms with Crippen LogP contribution in [0.1, 0.15) is 0 Å². The van der Waals surface area contributed by atoms with Crippen LogP contribution in [0.5, 0.6) is 0 Å². The number of amides is 1. The molecule has 1 amide bonds. The zero-order valence-electron chi connectivity index (χ0n) is 9.02. The quantitative estimate of drug-likeness (QED) is 0.680. The van der Waals surface area contributed by atoms with Crippen molar-refractivity contribution in [3.8, 4) is 0 Å². The van der Waals surface area contributed by atoms with E-state index in [-0.39, 0.29) is 5.69 Å². The highest BCUT2D eigenvalue weighted by Gasteiger charge is 2.63. The normalized spacial score (nSPS) is 12.3. The molecule has 0 fully saturated rings. The number of anilines is 1. The molecule has 100 valence electrons. The zero-order chi connectivity index (χ0) is 14.0. The fourth-order valence-electron chi connectivity index (χ4n) is 1.08. The van der Waals surface area contributed by atoms with Crippen molar-refractivity contribution in [2.45, 2.75) is 17.0 Å². The van der Waals surface area contributed by atoms with Crippen molar-refractivity contribution >= 4 is 23.4 Å². The largest absolute Gasteiger partial charge is 0.463 e. The lowest BCUT2D eigenvalue weighted by molar-refractivity contribution is -0.267. The van der Waals surface area contributed by atoms with Crippen LogP contribution in [0.2, 0.25) is 0 Å². The van der Waals surface area contributed by atoms with Crippen molar-refractivity contribution in [1.82, 2.24) is 0 Å². The summed E-state index contributed by atoms with van der Waals surface area (Å²) in [6.07, 6.45) is -4.31. The first-order chi connectivity index (χ1) is 8.20. The van der Waals surface area contributed by atoms with Gasteiger partial charge in [-0.25, -0.2) is 0 Å². The summed E-state index contributed by atoms with van der Waals surface area (Å²) < 4.78 is 61.3. The average molecular weight is 285 g/mol. The van der Waals surface area contributed by atoms with Crippen molar-refractivity contribution in [3.05, 3.63) is 24.3 Å². The van der Waals surface area contributed by atoms with Gasteiger partial charge in [0.1, 0.15) is 0 Å². The van der Waals surface area contributed by atoms with Crippen LogP contribution in [0.4, 0.5) is 27.6 Å². The maximum atomic E-state index is 12.7. The van der Waals surface area contributed by atoms with Crippen LogP contribution in [0.3, 0.4) is 0 Å². The minimum atomic E-state index is -5.91. The Kier molecular flexibility index (Phi) is 4.20. The minimum absolute atomic E-state index is 0.0843. The number of thioether (sulfide) groups is 1. The third-order valence-corrected chi connectivity index (χ3v) is 2.79. The third kappa shape index (κ3) is 2.92. The number of hydrogen-bond donors (Lipinski definition) is 1. The number of carbonyl (C=O) groups excluding carboxylic acids is 1. The second-order valence-electron chi connectivity index (χ2n) is 3.23. The molecular weight excluding hydrogens is 277 g/mol. The van der Waals surface area contributed by atoms with E-state index < -0.39 is 18.0 Å². The van der Waals surface area contributed by atoms with Crippen LogP contribution in [0.25, 0.3) is 0 Å². The molecular formula is C10H8F5NOS. The van der Waals surface area contributed by atoms with E-state index in [4.69, 9.17) is 0 Å². The Morgan fingerprint density at radius 1 is 1.17 bits per heavy atom. The second-order valence-corrected chi connectivity index (χ2v) is 4.07. The summed E-state index contributed by atoms with van der Waals surface area (Å²) in [4.78, 5) is 11.4. The number of hydrogen-bond acceptors (Lipinski definition) is 2. The number of rotatable bonds is 3. The molecule has 1 aromatic carbocycles. The molecule has 1 rings (SSSR count). The Hall–Kier alpha value is -1.31. The van der Waals surface area contributed by atoms with Crippen LogP contribution < -0.4 is 5.32 Å². The molecule has 2 nitrogen and oxygen atoms in total. The Morgan fingerprint density at radius 3 is 2.22 bits per heavy atom. The second kappa shape index (κ2) is 5.13. The van der Waals surface area contributed by atoms with Gasteiger partial charge in [-0.05, 0) is 18.4 Å². The van der Waals surface area contributed by atoms with Gasteiger partial charge in [-0.15, -0.1) is 11.8 Å². The number of halogens is 5. The molecule has 8 heteroatoms. The molecule has 0 aliphatic carbocycles. The summed E-state index contributed by atoms with van der Waals surface area (Å²) in [6, 6.07) is 5.73. The first-order valence-electron chi connectivity index (χ1n) is 4.59. The van der Waals surface area contributed by atoms with Crippen molar-refractivity contribution < 1.29 is 26.7 Å². The van der Waals surface area contributed by atoms with Crippen LogP contribution in [0, 0.1) is 0 Å². The highest BCUT2D eigenvalue weighted by Crippen LogP contribution is 2.37. The fourth-order valence-corrected chi connectivity index (χ4v) is 1.63. The van der Waals surface area contributed by atoms with Crippen LogP contribution in [-0.4, -0.2) is 24.3 Å². The molecule has 0 radical (unpaired) electrons. The van der Waals surface area contributed by atoms with E-state index in [1.54, 1.807) is 17.6 Å². The Bertz CT molecular complexity index is 446. The molecule has 0 saturated heterocycles. The molecule has 18 heavy (non-hydrogen) atoms. The number of alkyl halides is 5. The molecule has 0 spiro atoms. The van der Waals surface area contributed by atoms with E-state index >= 15 is 0 Å². The van der Waals surface area contributed by atoms with Gasteiger partial charge >= 0.3 is 18.0 Å². The van der Waals surface area contributed by atoms with E-state index in [1.807, 2.05) is 0 Å². The van der Waals surface area contributed by atoms with Gasteiger partial charge in [0.2, 0.25) is 0 Å². The first-order valence-corrected chi connectivity index (χ1v) is 5.81. The van der Waals surface area contributed by atoms with E-state index in [2.05, 4.69) is 0 Å².